The lowest BCUT2D eigenvalue weighted by atomic mass is 9.98. The van der Waals surface area contributed by atoms with Crippen LogP contribution in [0.3, 0.4) is 0 Å². The maximum Gasteiger partial charge on any atom is 0.237 e. The number of ether oxygens (including phenoxy) is 1. The number of nitrogens with zero attached hydrogens (tertiary/aromatic N) is 1. The third-order valence-electron chi connectivity index (χ3n) is 4.45. The number of likely N-dealkylation sites (tertiary alicyclic amines) is 1. The molecule has 2 N–H and O–H groups in total. The Morgan fingerprint density at radius 2 is 2.24 bits per heavy atom. The molecule has 0 bridgehead atoms. The maximum atomic E-state index is 12.0. The van der Waals surface area contributed by atoms with E-state index in [2.05, 4.69) is 22.5 Å². The predicted octanol–water partition coefficient (Wildman–Crippen LogP) is 0.993. The minimum absolute atomic E-state index is 0.0483. The van der Waals surface area contributed by atoms with E-state index in [9.17, 15) is 4.79 Å². The first-order chi connectivity index (χ1) is 10.3. The van der Waals surface area contributed by atoms with Gasteiger partial charge in [0, 0.05) is 26.2 Å². The van der Waals surface area contributed by atoms with Gasteiger partial charge in [-0.2, -0.15) is 0 Å². The lowest BCUT2D eigenvalue weighted by Gasteiger charge is -2.32. The van der Waals surface area contributed by atoms with Gasteiger partial charge in [-0.25, -0.2) is 0 Å². The predicted molar refractivity (Wildman–Crippen MR) is 84.3 cm³/mol. The van der Waals surface area contributed by atoms with Gasteiger partial charge in [-0.1, -0.05) is 6.92 Å². The molecule has 2 fully saturated rings. The Bertz CT molecular complexity index is 306. The third kappa shape index (κ3) is 5.93. The smallest absolute Gasteiger partial charge is 0.237 e. The average Bonchev–Trinajstić information content (AvgIpc) is 3.04. The molecule has 1 amide bonds. The van der Waals surface area contributed by atoms with E-state index in [4.69, 9.17) is 4.74 Å². The van der Waals surface area contributed by atoms with E-state index in [0.717, 1.165) is 58.7 Å². The van der Waals surface area contributed by atoms with Crippen LogP contribution in [-0.4, -0.2) is 62.8 Å². The van der Waals surface area contributed by atoms with Crippen molar-refractivity contribution in [3.8, 4) is 0 Å². The molecular formula is C16H31N3O2. The SMILES string of the molecule is CCCOCCN1CCCC(CNC(=O)C2CCCN2)C1. The van der Waals surface area contributed by atoms with Gasteiger partial charge in [0.2, 0.25) is 5.91 Å². The van der Waals surface area contributed by atoms with Gasteiger partial charge in [-0.3, -0.25) is 4.79 Å². The van der Waals surface area contributed by atoms with E-state index in [1.165, 1.54) is 19.4 Å². The monoisotopic (exact) mass is 297 g/mol. The van der Waals surface area contributed by atoms with Gasteiger partial charge < -0.3 is 20.3 Å². The molecule has 122 valence electrons. The molecule has 0 aliphatic carbocycles. The van der Waals surface area contributed by atoms with Gasteiger partial charge >= 0.3 is 0 Å². The number of amides is 1. The fraction of sp³-hybridized carbons (Fsp3) is 0.938. The van der Waals surface area contributed by atoms with Crippen LogP contribution < -0.4 is 10.6 Å². The van der Waals surface area contributed by atoms with E-state index in [1.54, 1.807) is 0 Å². The summed E-state index contributed by atoms with van der Waals surface area (Å²) in [7, 11) is 0. The highest BCUT2D eigenvalue weighted by atomic mass is 16.5. The summed E-state index contributed by atoms with van der Waals surface area (Å²) in [5.74, 6) is 0.784. The Morgan fingerprint density at radius 1 is 1.33 bits per heavy atom. The van der Waals surface area contributed by atoms with Gasteiger partial charge in [0.15, 0.2) is 0 Å². The number of nitrogens with one attached hydrogen (secondary N) is 2. The molecule has 0 aromatic carbocycles. The highest BCUT2D eigenvalue weighted by molar-refractivity contribution is 5.81. The average molecular weight is 297 g/mol. The van der Waals surface area contributed by atoms with Crippen LogP contribution in [0.5, 0.6) is 0 Å². The van der Waals surface area contributed by atoms with Crippen molar-refractivity contribution >= 4 is 5.91 Å². The van der Waals surface area contributed by atoms with E-state index in [0.29, 0.717) is 5.92 Å². The number of carbonyl (C=O) groups is 1. The summed E-state index contributed by atoms with van der Waals surface area (Å²) in [6.45, 7) is 8.92. The van der Waals surface area contributed by atoms with Gasteiger partial charge in [0.05, 0.1) is 12.6 Å². The lowest BCUT2D eigenvalue weighted by Crippen LogP contribution is -2.46. The minimum atomic E-state index is 0.0483. The van der Waals surface area contributed by atoms with Crippen molar-refractivity contribution < 1.29 is 9.53 Å². The van der Waals surface area contributed by atoms with Crippen LogP contribution in [0.4, 0.5) is 0 Å². The molecule has 0 spiro atoms. The summed E-state index contributed by atoms with van der Waals surface area (Å²) in [5.41, 5.74) is 0. The zero-order valence-electron chi connectivity index (χ0n) is 13.4. The quantitative estimate of drug-likeness (QED) is 0.656. The first kappa shape index (κ1) is 16.7. The third-order valence-corrected chi connectivity index (χ3v) is 4.45. The zero-order chi connectivity index (χ0) is 14.9. The topological polar surface area (TPSA) is 53.6 Å². The molecule has 0 aromatic rings. The maximum absolute atomic E-state index is 12.0. The number of hydrogen-bond acceptors (Lipinski definition) is 4. The molecule has 2 atom stereocenters. The van der Waals surface area contributed by atoms with Gasteiger partial charge in [0.25, 0.3) is 0 Å². The molecule has 21 heavy (non-hydrogen) atoms. The van der Waals surface area contributed by atoms with E-state index in [-0.39, 0.29) is 11.9 Å². The van der Waals surface area contributed by atoms with Crippen LogP contribution in [0.15, 0.2) is 0 Å². The Kier molecular flexibility index (Phi) is 7.47. The second-order valence-corrected chi connectivity index (χ2v) is 6.32. The van der Waals surface area contributed by atoms with Crippen molar-refractivity contribution in [1.82, 2.24) is 15.5 Å². The molecule has 5 heteroatoms. The van der Waals surface area contributed by atoms with Crippen molar-refractivity contribution in [1.29, 1.82) is 0 Å². The van der Waals surface area contributed by atoms with Crippen molar-refractivity contribution in [2.45, 2.75) is 45.1 Å². The van der Waals surface area contributed by atoms with Crippen molar-refractivity contribution in [3.05, 3.63) is 0 Å². The van der Waals surface area contributed by atoms with E-state index >= 15 is 0 Å². The second-order valence-electron chi connectivity index (χ2n) is 6.32. The summed E-state index contributed by atoms with van der Waals surface area (Å²) >= 11 is 0. The van der Waals surface area contributed by atoms with Crippen molar-refractivity contribution in [2.24, 2.45) is 5.92 Å². The van der Waals surface area contributed by atoms with Gasteiger partial charge in [-0.05, 0) is 51.1 Å². The standard InChI is InChI=1S/C16H31N3O2/c1-2-10-21-11-9-19-8-4-5-14(13-19)12-18-16(20)15-6-3-7-17-15/h14-15,17H,2-13H2,1H3,(H,18,20). The largest absolute Gasteiger partial charge is 0.380 e. The molecule has 2 rings (SSSR count). The zero-order valence-corrected chi connectivity index (χ0v) is 13.4. The summed E-state index contributed by atoms with van der Waals surface area (Å²) in [6, 6.07) is 0.0483. The Balaban J connectivity index is 1.60. The summed E-state index contributed by atoms with van der Waals surface area (Å²) in [4.78, 5) is 14.5. The number of rotatable bonds is 8. The fourth-order valence-electron chi connectivity index (χ4n) is 3.24. The summed E-state index contributed by atoms with van der Waals surface area (Å²) in [5, 5.41) is 6.39. The van der Waals surface area contributed by atoms with Crippen LogP contribution >= 0.6 is 0 Å². The van der Waals surface area contributed by atoms with E-state index in [1.807, 2.05) is 0 Å². The van der Waals surface area contributed by atoms with Gasteiger partial charge in [0.1, 0.15) is 0 Å². The van der Waals surface area contributed by atoms with Crippen LogP contribution in [0.1, 0.15) is 39.0 Å². The molecule has 2 aliphatic rings. The normalized spacial score (nSPS) is 26.9. The first-order valence-electron chi connectivity index (χ1n) is 8.60. The first-order valence-corrected chi connectivity index (χ1v) is 8.60. The molecule has 0 aromatic heterocycles. The molecule has 2 saturated heterocycles. The highest BCUT2D eigenvalue weighted by Crippen LogP contribution is 2.15. The highest BCUT2D eigenvalue weighted by Gasteiger charge is 2.24. The van der Waals surface area contributed by atoms with E-state index < -0.39 is 0 Å². The summed E-state index contributed by atoms with van der Waals surface area (Å²) < 4.78 is 5.57. The molecule has 0 saturated carbocycles. The minimum Gasteiger partial charge on any atom is -0.380 e. The fourth-order valence-corrected chi connectivity index (χ4v) is 3.24. The van der Waals surface area contributed by atoms with Crippen LogP contribution in [-0.2, 0) is 9.53 Å². The summed E-state index contributed by atoms with van der Waals surface area (Å²) in [6.07, 6.45) is 5.65. The Labute approximate surface area is 128 Å². The number of hydrogen-bond donors (Lipinski definition) is 2. The molecule has 2 unspecified atom stereocenters. The van der Waals surface area contributed by atoms with Crippen molar-refractivity contribution in [3.63, 3.8) is 0 Å². The molecular weight excluding hydrogens is 266 g/mol. The Hall–Kier alpha value is -0.650. The van der Waals surface area contributed by atoms with Gasteiger partial charge in [-0.15, -0.1) is 0 Å². The molecule has 2 heterocycles. The van der Waals surface area contributed by atoms with Crippen molar-refractivity contribution in [2.75, 3.05) is 45.9 Å². The van der Waals surface area contributed by atoms with Crippen LogP contribution in [0.2, 0.25) is 0 Å². The molecule has 5 nitrogen and oxygen atoms in total. The Morgan fingerprint density at radius 3 is 3.00 bits per heavy atom. The molecule has 2 aliphatic heterocycles. The molecule has 0 radical (unpaired) electrons. The second kappa shape index (κ2) is 9.38. The number of carbonyl (C=O) groups excluding carboxylic acids is 1. The van der Waals surface area contributed by atoms with Crippen LogP contribution in [0, 0.1) is 5.92 Å². The van der Waals surface area contributed by atoms with Crippen LogP contribution in [0.25, 0.3) is 0 Å². The number of piperidine rings is 1. The lowest BCUT2D eigenvalue weighted by molar-refractivity contribution is -0.123.